The molecule has 0 atom stereocenters. The van der Waals surface area contributed by atoms with Crippen LogP contribution in [0.4, 0.5) is 0 Å². The van der Waals surface area contributed by atoms with E-state index in [1.54, 1.807) is 11.3 Å². The first-order valence-electron chi connectivity index (χ1n) is 6.63. The van der Waals surface area contributed by atoms with Crippen LogP contribution in [0, 0.1) is 6.92 Å². The first-order chi connectivity index (χ1) is 9.09. The summed E-state index contributed by atoms with van der Waals surface area (Å²) >= 11 is 1.67. The summed E-state index contributed by atoms with van der Waals surface area (Å²) in [7, 11) is 0. The normalized spacial score (nSPS) is 10.2. The van der Waals surface area contributed by atoms with E-state index in [0.717, 1.165) is 19.3 Å². The van der Waals surface area contributed by atoms with E-state index >= 15 is 0 Å². The van der Waals surface area contributed by atoms with Gasteiger partial charge in [-0.1, -0.05) is 6.42 Å². The Hall–Kier alpha value is -1.36. The van der Waals surface area contributed by atoms with Crippen LogP contribution in [0.2, 0.25) is 0 Å². The van der Waals surface area contributed by atoms with Crippen LogP contribution in [0.15, 0.2) is 11.4 Å². The molecule has 1 aromatic heterocycles. The van der Waals surface area contributed by atoms with E-state index in [1.165, 1.54) is 17.4 Å². The Kier molecular flexibility index (Phi) is 7.18. The number of carbonyl (C=O) groups is 2. The minimum Gasteiger partial charge on any atom is -0.356 e. The number of nitrogens with one attached hydrogen (secondary N) is 2. The van der Waals surface area contributed by atoms with Crippen molar-refractivity contribution >= 4 is 23.2 Å². The Morgan fingerprint density at radius 3 is 2.63 bits per heavy atom. The third kappa shape index (κ3) is 6.96. The lowest BCUT2D eigenvalue weighted by molar-refractivity contribution is -0.121. The lowest BCUT2D eigenvalue weighted by Crippen LogP contribution is -2.22. The first kappa shape index (κ1) is 15.7. The molecule has 0 aliphatic heterocycles. The van der Waals surface area contributed by atoms with E-state index in [2.05, 4.69) is 23.6 Å². The molecule has 0 unspecified atom stereocenters. The topological polar surface area (TPSA) is 58.2 Å². The maximum Gasteiger partial charge on any atom is 0.220 e. The molecule has 0 aromatic carbocycles. The number of unbranched alkanes of at least 4 members (excludes halogenated alkanes) is 2. The van der Waals surface area contributed by atoms with E-state index in [1.807, 2.05) is 5.38 Å². The van der Waals surface area contributed by atoms with Gasteiger partial charge in [0, 0.05) is 24.8 Å². The Bertz CT molecular complexity index is 415. The average molecular weight is 282 g/mol. The fraction of sp³-hybridized carbons (Fsp3) is 0.571. The Morgan fingerprint density at radius 1 is 1.21 bits per heavy atom. The molecule has 0 bridgehead atoms. The molecule has 2 amide bonds. The molecule has 5 heteroatoms. The number of amides is 2. The highest BCUT2D eigenvalue weighted by Gasteiger charge is 2.03. The highest BCUT2D eigenvalue weighted by Crippen LogP contribution is 2.14. The summed E-state index contributed by atoms with van der Waals surface area (Å²) in [6.45, 7) is 4.90. The Labute approximate surface area is 118 Å². The number of thiophene rings is 1. The monoisotopic (exact) mass is 282 g/mol. The second-order valence-electron chi connectivity index (χ2n) is 4.60. The lowest BCUT2D eigenvalue weighted by atomic mass is 10.2. The number of aryl methyl sites for hydroxylation is 1. The molecule has 0 spiro atoms. The number of hydrogen-bond acceptors (Lipinski definition) is 3. The van der Waals surface area contributed by atoms with Gasteiger partial charge in [-0.2, -0.15) is 0 Å². The van der Waals surface area contributed by atoms with Gasteiger partial charge in [-0.15, -0.1) is 11.3 Å². The predicted octanol–water partition coefficient (Wildman–Crippen LogP) is 2.37. The minimum absolute atomic E-state index is 0.00376. The molecule has 0 saturated carbocycles. The zero-order chi connectivity index (χ0) is 14.1. The van der Waals surface area contributed by atoms with Gasteiger partial charge in [-0.25, -0.2) is 0 Å². The van der Waals surface area contributed by atoms with Crippen LogP contribution in [0.3, 0.4) is 0 Å². The smallest absolute Gasteiger partial charge is 0.220 e. The van der Waals surface area contributed by atoms with Gasteiger partial charge in [0.05, 0.1) is 6.54 Å². The van der Waals surface area contributed by atoms with Crippen LogP contribution in [-0.2, 0) is 16.1 Å². The van der Waals surface area contributed by atoms with Crippen molar-refractivity contribution in [3.8, 4) is 0 Å². The van der Waals surface area contributed by atoms with E-state index < -0.39 is 0 Å². The van der Waals surface area contributed by atoms with Crippen LogP contribution >= 0.6 is 11.3 Å². The van der Waals surface area contributed by atoms with Crippen molar-refractivity contribution in [2.45, 2.75) is 46.1 Å². The molecule has 19 heavy (non-hydrogen) atoms. The third-order valence-electron chi connectivity index (χ3n) is 2.87. The highest BCUT2D eigenvalue weighted by atomic mass is 32.1. The molecule has 0 radical (unpaired) electrons. The minimum atomic E-state index is 0.00376. The van der Waals surface area contributed by atoms with Gasteiger partial charge in [0.2, 0.25) is 11.8 Å². The summed E-state index contributed by atoms with van der Waals surface area (Å²) in [4.78, 5) is 23.5. The molecule has 1 rings (SSSR count). The summed E-state index contributed by atoms with van der Waals surface area (Å²) < 4.78 is 0. The first-order valence-corrected chi connectivity index (χ1v) is 7.51. The second kappa shape index (κ2) is 8.69. The average Bonchev–Trinajstić information content (AvgIpc) is 2.76. The molecule has 2 N–H and O–H groups in total. The van der Waals surface area contributed by atoms with Crippen LogP contribution in [-0.4, -0.2) is 18.4 Å². The molecule has 0 fully saturated rings. The van der Waals surface area contributed by atoms with E-state index in [9.17, 15) is 9.59 Å². The zero-order valence-corrected chi connectivity index (χ0v) is 12.4. The summed E-state index contributed by atoms with van der Waals surface area (Å²) in [5, 5.41) is 7.72. The van der Waals surface area contributed by atoms with E-state index in [-0.39, 0.29) is 11.8 Å². The Balaban J connectivity index is 2.02. The highest BCUT2D eigenvalue weighted by molar-refractivity contribution is 7.10. The zero-order valence-electron chi connectivity index (χ0n) is 11.6. The van der Waals surface area contributed by atoms with E-state index in [0.29, 0.717) is 19.5 Å². The van der Waals surface area contributed by atoms with Crippen molar-refractivity contribution in [2.24, 2.45) is 0 Å². The standard InChI is InChI=1S/C14H22N2O2S/c1-11-7-9-19-13(11)10-16-14(18)6-4-3-5-8-15-12(2)17/h7,9H,3-6,8,10H2,1-2H3,(H,15,17)(H,16,18). The molecule has 106 valence electrons. The van der Waals surface area contributed by atoms with Gasteiger partial charge >= 0.3 is 0 Å². The Morgan fingerprint density at radius 2 is 2.00 bits per heavy atom. The van der Waals surface area contributed by atoms with Gasteiger partial charge < -0.3 is 10.6 Å². The summed E-state index contributed by atoms with van der Waals surface area (Å²) in [5.74, 6) is 0.108. The molecular formula is C14H22N2O2S. The van der Waals surface area contributed by atoms with Crippen LogP contribution in [0.1, 0.15) is 43.0 Å². The van der Waals surface area contributed by atoms with Crippen LogP contribution in [0.25, 0.3) is 0 Å². The van der Waals surface area contributed by atoms with Crippen molar-refractivity contribution in [1.82, 2.24) is 10.6 Å². The fourth-order valence-corrected chi connectivity index (χ4v) is 2.55. The van der Waals surface area contributed by atoms with Crippen molar-refractivity contribution in [3.63, 3.8) is 0 Å². The van der Waals surface area contributed by atoms with E-state index in [4.69, 9.17) is 0 Å². The summed E-state index contributed by atoms with van der Waals surface area (Å²) in [6, 6.07) is 2.06. The lowest BCUT2D eigenvalue weighted by Gasteiger charge is -2.05. The third-order valence-corrected chi connectivity index (χ3v) is 3.89. The fourth-order valence-electron chi connectivity index (χ4n) is 1.70. The van der Waals surface area contributed by atoms with Gasteiger partial charge in [-0.05, 0) is 36.8 Å². The number of rotatable bonds is 8. The van der Waals surface area contributed by atoms with Crippen LogP contribution < -0.4 is 10.6 Å². The maximum atomic E-state index is 11.6. The molecule has 1 aromatic rings. The molecule has 1 heterocycles. The van der Waals surface area contributed by atoms with Gasteiger partial charge in [-0.3, -0.25) is 9.59 Å². The van der Waals surface area contributed by atoms with Crippen molar-refractivity contribution in [2.75, 3.05) is 6.54 Å². The molecule has 0 aliphatic rings. The molecule has 0 aliphatic carbocycles. The van der Waals surface area contributed by atoms with Crippen LogP contribution in [0.5, 0.6) is 0 Å². The molecule has 4 nitrogen and oxygen atoms in total. The predicted molar refractivity (Wildman–Crippen MR) is 78.1 cm³/mol. The van der Waals surface area contributed by atoms with Gasteiger partial charge in [0.15, 0.2) is 0 Å². The number of carbonyl (C=O) groups excluding carboxylic acids is 2. The second-order valence-corrected chi connectivity index (χ2v) is 5.60. The van der Waals surface area contributed by atoms with Crippen molar-refractivity contribution < 1.29 is 9.59 Å². The van der Waals surface area contributed by atoms with Crippen molar-refractivity contribution in [1.29, 1.82) is 0 Å². The van der Waals surface area contributed by atoms with Gasteiger partial charge in [0.25, 0.3) is 0 Å². The SMILES string of the molecule is CC(=O)NCCCCCC(=O)NCc1sccc1C. The quantitative estimate of drug-likeness (QED) is 0.719. The molecular weight excluding hydrogens is 260 g/mol. The van der Waals surface area contributed by atoms with Gasteiger partial charge in [0.1, 0.15) is 0 Å². The molecule has 0 saturated heterocycles. The maximum absolute atomic E-state index is 11.6. The largest absolute Gasteiger partial charge is 0.356 e. The van der Waals surface area contributed by atoms with Crippen molar-refractivity contribution in [3.05, 3.63) is 21.9 Å². The summed E-state index contributed by atoms with van der Waals surface area (Å²) in [6.07, 6.45) is 3.32. The summed E-state index contributed by atoms with van der Waals surface area (Å²) in [5.41, 5.74) is 1.24. The number of hydrogen-bond donors (Lipinski definition) is 2.